The highest BCUT2D eigenvalue weighted by Gasteiger charge is 2.33. The van der Waals surface area contributed by atoms with Crippen LogP contribution < -0.4 is 5.32 Å². The summed E-state index contributed by atoms with van der Waals surface area (Å²) in [6.07, 6.45) is 8.77. The van der Waals surface area contributed by atoms with Gasteiger partial charge in [-0.1, -0.05) is 49.6 Å². The number of hydrogen-bond acceptors (Lipinski definition) is 7. The molecule has 2 aromatic carbocycles. The van der Waals surface area contributed by atoms with Crippen LogP contribution in [-0.2, 0) is 25.9 Å². The fraction of sp³-hybridized carbons (Fsp3) is 0.576. The number of nitrogens with one attached hydrogen (secondary N) is 1. The van der Waals surface area contributed by atoms with E-state index in [2.05, 4.69) is 22.0 Å². The van der Waals surface area contributed by atoms with Gasteiger partial charge in [-0.15, -0.1) is 0 Å². The Bertz CT molecular complexity index is 1360. The second kappa shape index (κ2) is 15.5. The van der Waals surface area contributed by atoms with Gasteiger partial charge in [-0.3, -0.25) is 9.69 Å². The molecule has 1 aliphatic carbocycles. The molecule has 2 aliphatic rings. The largest absolute Gasteiger partial charge is 0.480 e. The van der Waals surface area contributed by atoms with Crippen LogP contribution in [-0.4, -0.2) is 85.7 Å². The SMILES string of the molecule is COC[C@@H]1CC(SCC2CCCCC2)CN1Cc1ccc(C(=O)N[C@@H](CCS(C)(=O)=O)C(=O)O)c(-c2ccccc2C)c1. The van der Waals surface area contributed by atoms with Crippen molar-refractivity contribution in [3.8, 4) is 11.1 Å². The summed E-state index contributed by atoms with van der Waals surface area (Å²) in [6, 6.07) is 12.6. The number of thioether (sulfide) groups is 1. The van der Waals surface area contributed by atoms with Gasteiger partial charge in [0.2, 0.25) is 0 Å². The van der Waals surface area contributed by atoms with Gasteiger partial charge in [0.05, 0.1) is 12.4 Å². The first-order valence-corrected chi connectivity index (χ1v) is 18.4. The van der Waals surface area contributed by atoms with Crippen molar-refractivity contribution in [3.63, 3.8) is 0 Å². The second-order valence-corrected chi connectivity index (χ2v) is 15.8. The van der Waals surface area contributed by atoms with Crippen molar-refractivity contribution in [2.45, 2.75) is 75.7 Å². The summed E-state index contributed by atoms with van der Waals surface area (Å²) in [5.74, 6) is -0.0487. The molecule has 2 aromatic rings. The molecule has 2 N–H and O–H groups in total. The maximum atomic E-state index is 13.5. The Morgan fingerprint density at radius 3 is 2.53 bits per heavy atom. The van der Waals surface area contributed by atoms with Crippen LogP contribution in [0, 0.1) is 12.8 Å². The number of aryl methyl sites for hydroxylation is 1. The molecule has 4 rings (SSSR count). The Morgan fingerprint density at radius 2 is 1.86 bits per heavy atom. The lowest BCUT2D eigenvalue weighted by Crippen LogP contribution is -2.42. The minimum atomic E-state index is -3.38. The Kier molecular flexibility index (Phi) is 12.1. The number of carbonyl (C=O) groups excluding carboxylic acids is 1. The number of amides is 1. The Balaban J connectivity index is 1.54. The fourth-order valence-electron chi connectivity index (χ4n) is 6.29. The third-order valence-electron chi connectivity index (χ3n) is 8.67. The zero-order valence-corrected chi connectivity index (χ0v) is 27.2. The smallest absolute Gasteiger partial charge is 0.326 e. The number of carboxylic acid groups (broad SMARTS) is 1. The lowest BCUT2D eigenvalue weighted by atomic mass is 9.91. The van der Waals surface area contributed by atoms with E-state index in [1.165, 1.54) is 37.9 Å². The second-order valence-electron chi connectivity index (χ2n) is 12.2. The summed E-state index contributed by atoms with van der Waals surface area (Å²) in [7, 11) is -1.62. The molecule has 1 saturated heterocycles. The molecule has 8 nitrogen and oxygen atoms in total. The first kappa shape index (κ1) is 33.5. The van der Waals surface area contributed by atoms with Gasteiger partial charge in [-0.05, 0) is 78.7 Å². The molecule has 1 unspecified atom stereocenters. The van der Waals surface area contributed by atoms with E-state index in [-0.39, 0.29) is 12.2 Å². The molecular weight excluding hydrogens is 585 g/mol. The molecule has 236 valence electrons. The monoisotopic (exact) mass is 630 g/mol. The van der Waals surface area contributed by atoms with E-state index >= 15 is 0 Å². The van der Waals surface area contributed by atoms with Crippen LogP contribution in [0.3, 0.4) is 0 Å². The third kappa shape index (κ3) is 9.80. The average Bonchev–Trinajstić information content (AvgIpc) is 3.35. The Morgan fingerprint density at radius 1 is 1.12 bits per heavy atom. The van der Waals surface area contributed by atoms with E-state index in [4.69, 9.17) is 4.74 Å². The van der Waals surface area contributed by atoms with Crippen molar-refractivity contribution in [2.75, 3.05) is 38.0 Å². The van der Waals surface area contributed by atoms with Gasteiger partial charge in [-0.2, -0.15) is 11.8 Å². The molecule has 43 heavy (non-hydrogen) atoms. The lowest BCUT2D eigenvalue weighted by molar-refractivity contribution is -0.139. The van der Waals surface area contributed by atoms with Crippen LogP contribution in [0.5, 0.6) is 0 Å². The summed E-state index contributed by atoms with van der Waals surface area (Å²) in [4.78, 5) is 27.8. The van der Waals surface area contributed by atoms with E-state index in [1.54, 1.807) is 13.2 Å². The molecule has 2 fully saturated rings. The zero-order valence-electron chi connectivity index (χ0n) is 25.6. The molecule has 0 bridgehead atoms. The highest BCUT2D eigenvalue weighted by molar-refractivity contribution is 7.99. The number of likely N-dealkylation sites (tertiary alicyclic amines) is 1. The zero-order chi connectivity index (χ0) is 31.0. The number of carboxylic acids is 1. The van der Waals surface area contributed by atoms with Crippen molar-refractivity contribution in [1.29, 1.82) is 0 Å². The first-order valence-electron chi connectivity index (χ1n) is 15.3. The molecule has 0 radical (unpaired) electrons. The van der Waals surface area contributed by atoms with Gasteiger partial charge in [0, 0.05) is 43.3 Å². The minimum Gasteiger partial charge on any atom is -0.480 e. The highest BCUT2D eigenvalue weighted by Crippen LogP contribution is 2.35. The number of nitrogens with zero attached hydrogens (tertiary/aromatic N) is 1. The van der Waals surface area contributed by atoms with E-state index in [9.17, 15) is 23.1 Å². The van der Waals surface area contributed by atoms with Crippen LogP contribution in [0.25, 0.3) is 11.1 Å². The third-order valence-corrected chi connectivity index (χ3v) is 11.1. The molecule has 1 amide bonds. The molecular formula is C33H46N2O6S2. The normalized spacial score (nSPS) is 20.6. The summed E-state index contributed by atoms with van der Waals surface area (Å²) < 4.78 is 28.9. The van der Waals surface area contributed by atoms with Gasteiger partial charge >= 0.3 is 5.97 Å². The van der Waals surface area contributed by atoms with Crippen molar-refractivity contribution in [1.82, 2.24) is 10.2 Å². The average molecular weight is 631 g/mol. The predicted octanol–water partition coefficient (Wildman–Crippen LogP) is 5.18. The number of rotatable bonds is 14. The molecule has 1 aliphatic heterocycles. The summed E-state index contributed by atoms with van der Waals surface area (Å²) >= 11 is 2.12. The van der Waals surface area contributed by atoms with Gasteiger partial charge in [0.25, 0.3) is 5.91 Å². The molecule has 10 heteroatoms. The van der Waals surface area contributed by atoms with Gasteiger partial charge in [0.15, 0.2) is 0 Å². The number of benzene rings is 2. The van der Waals surface area contributed by atoms with Crippen molar-refractivity contribution >= 4 is 33.5 Å². The molecule has 0 spiro atoms. The molecule has 0 aromatic heterocycles. The number of aliphatic carboxylic acids is 1. The van der Waals surface area contributed by atoms with E-state index in [0.29, 0.717) is 23.5 Å². The topological polar surface area (TPSA) is 113 Å². The van der Waals surface area contributed by atoms with Crippen LogP contribution >= 0.6 is 11.8 Å². The minimum absolute atomic E-state index is 0.201. The van der Waals surface area contributed by atoms with E-state index in [1.807, 2.05) is 43.3 Å². The van der Waals surface area contributed by atoms with Crippen LogP contribution in [0.4, 0.5) is 0 Å². The number of carbonyl (C=O) groups is 2. The van der Waals surface area contributed by atoms with E-state index in [0.717, 1.165) is 53.9 Å². The molecule has 3 atom stereocenters. The first-order chi connectivity index (χ1) is 20.5. The Labute approximate surface area is 260 Å². The number of ether oxygens (including phenoxy) is 1. The van der Waals surface area contributed by atoms with Crippen molar-refractivity contribution in [3.05, 3.63) is 59.2 Å². The maximum Gasteiger partial charge on any atom is 0.326 e. The predicted molar refractivity (Wildman–Crippen MR) is 173 cm³/mol. The van der Waals surface area contributed by atoms with E-state index < -0.39 is 27.8 Å². The lowest BCUT2D eigenvalue weighted by Gasteiger charge is -2.25. The van der Waals surface area contributed by atoms with Gasteiger partial charge in [0.1, 0.15) is 15.9 Å². The van der Waals surface area contributed by atoms with Gasteiger partial charge in [-0.25, -0.2) is 13.2 Å². The summed E-state index contributed by atoms with van der Waals surface area (Å²) in [5, 5.41) is 12.8. The fourth-order valence-corrected chi connectivity index (χ4v) is 8.49. The Hall–Kier alpha value is -2.40. The number of hydrogen-bond donors (Lipinski definition) is 2. The van der Waals surface area contributed by atoms with Crippen LogP contribution in [0.1, 0.15) is 66.4 Å². The van der Waals surface area contributed by atoms with Crippen LogP contribution in [0.2, 0.25) is 0 Å². The quantitative estimate of drug-likeness (QED) is 0.294. The number of methoxy groups -OCH3 is 1. The van der Waals surface area contributed by atoms with Crippen molar-refractivity contribution < 1.29 is 27.9 Å². The molecule has 1 heterocycles. The maximum absolute atomic E-state index is 13.5. The number of sulfone groups is 1. The van der Waals surface area contributed by atoms with Crippen LogP contribution in [0.15, 0.2) is 42.5 Å². The summed E-state index contributed by atoms with van der Waals surface area (Å²) in [6.45, 7) is 4.38. The summed E-state index contributed by atoms with van der Waals surface area (Å²) in [5.41, 5.74) is 4.05. The van der Waals surface area contributed by atoms with Gasteiger partial charge < -0.3 is 15.2 Å². The standard InChI is InChI=1S/C33H46N2O6S2/c1-23-9-7-8-12-28(23)30-17-25(13-14-29(30)32(36)34-31(33(37)38)15-16-43(3,39)40)19-35-20-27(18-26(35)21-41-2)42-22-24-10-5-4-6-11-24/h7-9,12-14,17,24,26-27,31H,4-6,10-11,15-16,18-22H2,1-3H3,(H,34,36)(H,37,38)/t26-,27?,31-/m0/s1. The van der Waals surface area contributed by atoms with Crippen molar-refractivity contribution in [2.24, 2.45) is 5.92 Å². The molecule has 1 saturated carbocycles. The highest BCUT2D eigenvalue weighted by atomic mass is 32.2.